The first-order valence-electron chi connectivity index (χ1n) is 6.93. The van der Waals surface area contributed by atoms with E-state index >= 15 is 0 Å². The maximum Gasteiger partial charge on any atom is 0.205 e. The van der Waals surface area contributed by atoms with Crippen molar-refractivity contribution in [2.75, 3.05) is 34.7 Å². The fourth-order valence-electron chi connectivity index (χ4n) is 2.15. The molecule has 0 saturated heterocycles. The average molecular weight is 277 g/mol. The maximum absolute atomic E-state index is 4.64. The Hall–Kier alpha value is -1.78. The molecule has 0 aromatic heterocycles. The summed E-state index contributed by atoms with van der Waals surface area (Å²) in [5.74, 6) is 1.88. The zero-order valence-corrected chi connectivity index (χ0v) is 13.8. The third-order valence-electron chi connectivity index (χ3n) is 3.01. The predicted molar refractivity (Wildman–Crippen MR) is 87.0 cm³/mol. The van der Waals surface area contributed by atoms with Gasteiger partial charge in [-0.05, 0) is 20.8 Å². The van der Waals surface area contributed by atoms with Gasteiger partial charge in [-0.3, -0.25) is 4.90 Å². The topological polar surface area (TPSA) is 34.4 Å². The second-order valence-electron chi connectivity index (χ2n) is 5.34. The van der Waals surface area contributed by atoms with Gasteiger partial charge in [-0.15, -0.1) is 0 Å². The molecule has 1 heterocycles. The van der Waals surface area contributed by atoms with Crippen LogP contribution >= 0.6 is 0 Å². The molecule has 112 valence electrons. The van der Waals surface area contributed by atoms with Crippen LogP contribution in [-0.4, -0.2) is 67.5 Å². The Kier molecular flexibility index (Phi) is 5.80. The van der Waals surface area contributed by atoms with Gasteiger partial charge in [0.2, 0.25) is 11.9 Å². The number of nitrogens with zero attached hydrogens (tertiary/aromatic N) is 5. The third kappa shape index (κ3) is 4.11. The molecule has 0 fully saturated rings. The van der Waals surface area contributed by atoms with E-state index < -0.39 is 0 Å². The lowest BCUT2D eigenvalue weighted by atomic mass is 10.2. The van der Waals surface area contributed by atoms with Crippen molar-refractivity contribution in [2.24, 2.45) is 9.98 Å². The van der Waals surface area contributed by atoms with Crippen molar-refractivity contribution < 1.29 is 0 Å². The molecule has 0 radical (unpaired) electrons. The molecule has 0 aromatic rings. The van der Waals surface area contributed by atoms with Crippen LogP contribution < -0.4 is 0 Å². The van der Waals surface area contributed by atoms with Gasteiger partial charge in [-0.1, -0.05) is 23.8 Å². The Balaban J connectivity index is 2.85. The molecular weight excluding hydrogens is 250 g/mol. The Morgan fingerprint density at radius 3 is 2.40 bits per heavy atom. The van der Waals surface area contributed by atoms with Crippen molar-refractivity contribution in [3.05, 3.63) is 23.8 Å². The van der Waals surface area contributed by atoms with Crippen LogP contribution in [0, 0.1) is 0 Å². The van der Waals surface area contributed by atoms with E-state index in [1.165, 1.54) is 5.57 Å². The smallest absolute Gasteiger partial charge is 0.205 e. The van der Waals surface area contributed by atoms with Gasteiger partial charge in [0.15, 0.2) is 0 Å². The molecule has 0 aliphatic carbocycles. The van der Waals surface area contributed by atoms with Gasteiger partial charge in [0.1, 0.15) is 6.17 Å². The number of guanidine groups is 2. The van der Waals surface area contributed by atoms with Crippen molar-refractivity contribution in [2.45, 2.75) is 26.9 Å². The first kappa shape index (κ1) is 16.3. The van der Waals surface area contributed by atoms with Crippen LogP contribution in [-0.2, 0) is 0 Å². The van der Waals surface area contributed by atoms with E-state index in [9.17, 15) is 0 Å². The van der Waals surface area contributed by atoms with E-state index in [1.807, 2.05) is 50.9 Å². The highest BCUT2D eigenvalue weighted by Crippen LogP contribution is 2.11. The van der Waals surface area contributed by atoms with Crippen LogP contribution in [0.3, 0.4) is 0 Å². The van der Waals surface area contributed by atoms with E-state index in [4.69, 9.17) is 0 Å². The lowest BCUT2D eigenvalue weighted by molar-refractivity contribution is 0.426. The zero-order chi connectivity index (χ0) is 15.3. The highest BCUT2D eigenvalue weighted by Gasteiger charge is 2.24. The van der Waals surface area contributed by atoms with E-state index in [1.54, 1.807) is 0 Å². The quantitative estimate of drug-likeness (QED) is 0.740. The highest BCUT2D eigenvalue weighted by molar-refractivity contribution is 5.99. The summed E-state index contributed by atoms with van der Waals surface area (Å²) in [6.45, 7) is 7.01. The van der Waals surface area contributed by atoms with E-state index in [-0.39, 0.29) is 6.17 Å². The number of hydrogen-bond acceptors (Lipinski definition) is 5. The lowest BCUT2D eigenvalue weighted by Gasteiger charge is -2.35. The first-order valence-corrected chi connectivity index (χ1v) is 6.93. The van der Waals surface area contributed by atoms with Gasteiger partial charge in [0, 0.05) is 34.7 Å². The number of rotatable bonds is 3. The fraction of sp³-hybridized carbons (Fsp3) is 0.600. The van der Waals surface area contributed by atoms with Crippen LogP contribution in [0.2, 0.25) is 0 Å². The third-order valence-corrected chi connectivity index (χ3v) is 3.01. The first-order chi connectivity index (χ1) is 9.36. The van der Waals surface area contributed by atoms with Crippen LogP contribution in [0.1, 0.15) is 20.8 Å². The normalized spacial score (nSPS) is 20.1. The van der Waals surface area contributed by atoms with Gasteiger partial charge in [-0.25, -0.2) is 9.98 Å². The summed E-state index contributed by atoms with van der Waals surface area (Å²) in [4.78, 5) is 15.4. The monoisotopic (exact) mass is 277 g/mol. The SMILES string of the molecule is C/C=C/C=C(\C)CN(C)C1=NC(C)N=C(N(C)C)N1C. The second-order valence-corrected chi connectivity index (χ2v) is 5.34. The minimum Gasteiger partial charge on any atom is -0.349 e. The molecule has 1 atom stereocenters. The second kappa shape index (κ2) is 7.12. The van der Waals surface area contributed by atoms with Crippen LogP contribution in [0.25, 0.3) is 0 Å². The molecule has 20 heavy (non-hydrogen) atoms. The van der Waals surface area contributed by atoms with Gasteiger partial charge in [0.05, 0.1) is 0 Å². The van der Waals surface area contributed by atoms with Crippen LogP contribution in [0.15, 0.2) is 33.8 Å². The molecule has 0 spiro atoms. The molecule has 0 saturated carbocycles. The van der Waals surface area contributed by atoms with Crippen LogP contribution in [0.4, 0.5) is 0 Å². The number of aliphatic imine (C=N–C) groups is 2. The summed E-state index contributed by atoms with van der Waals surface area (Å²) in [5, 5.41) is 0. The standard InChI is InChI=1S/C15H27N5/c1-8-9-10-12(2)11-19(6)15-17-13(3)16-14(18(4)5)20(15)7/h8-10,13H,11H2,1-7H3/b9-8+,12-10+. The average Bonchev–Trinajstić information content (AvgIpc) is 2.38. The molecule has 0 aromatic carbocycles. The summed E-state index contributed by atoms with van der Waals surface area (Å²) in [6.07, 6.45) is 6.18. The van der Waals surface area contributed by atoms with Crippen molar-refractivity contribution in [3.8, 4) is 0 Å². The summed E-state index contributed by atoms with van der Waals surface area (Å²) in [5.41, 5.74) is 1.29. The van der Waals surface area contributed by atoms with E-state index in [0.717, 1.165) is 18.5 Å². The number of likely N-dealkylation sites (N-methyl/N-ethyl adjacent to an activating group) is 1. The van der Waals surface area contributed by atoms with Gasteiger partial charge < -0.3 is 9.80 Å². The van der Waals surface area contributed by atoms with Crippen molar-refractivity contribution in [1.82, 2.24) is 14.7 Å². The molecule has 1 aliphatic heterocycles. The largest absolute Gasteiger partial charge is 0.349 e. The Morgan fingerprint density at radius 1 is 1.25 bits per heavy atom. The Morgan fingerprint density at radius 2 is 1.85 bits per heavy atom. The molecule has 5 nitrogen and oxygen atoms in total. The molecule has 0 N–H and O–H groups in total. The Labute approximate surface area is 123 Å². The highest BCUT2D eigenvalue weighted by atomic mass is 15.5. The van der Waals surface area contributed by atoms with Gasteiger partial charge >= 0.3 is 0 Å². The van der Waals surface area contributed by atoms with Crippen LogP contribution in [0.5, 0.6) is 0 Å². The molecule has 0 bridgehead atoms. The number of hydrogen-bond donors (Lipinski definition) is 0. The maximum atomic E-state index is 4.64. The van der Waals surface area contributed by atoms with E-state index in [2.05, 4.69) is 41.0 Å². The van der Waals surface area contributed by atoms with Crippen molar-refractivity contribution >= 4 is 11.9 Å². The molecular formula is C15H27N5. The van der Waals surface area contributed by atoms with Gasteiger partial charge in [-0.2, -0.15) is 0 Å². The molecule has 5 heteroatoms. The predicted octanol–water partition coefficient (Wildman–Crippen LogP) is 2.01. The summed E-state index contributed by atoms with van der Waals surface area (Å²) in [6, 6.07) is 0. The minimum absolute atomic E-state index is 0.0409. The van der Waals surface area contributed by atoms with Gasteiger partial charge in [0.25, 0.3) is 0 Å². The summed E-state index contributed by atoms with van der Waals surface area (Å²) in [7, 11) is 8.07. The molecule has 1 aliphatic rings. The fourth-order valence-corrected chi connectivity index (χ4v) is 2.15. The Bertz CT molecular complexity index is 445. The lowest BCUT2D eigenvalue weighted by Crippen LogP contribution is -2.51. The minimum atomic E-state index is -0.0409. The van der Waals surface area contributed by atoms with E-state index in [0.29, 0.717) is 0 Å². The van der Waals surface area contributed by atoms with Crippen molar-refractivity contribution in [1.29, 1.82) is 0 Å². The number of allylic oxidation sites excluding steroid dienone is 3. The summed E-state index contributed by atoms with van der Waals surface area (Å²) >= 11 is 0. The zero-order valence-electron chi connectivity index (χ0n) is 13.8. The summed E-state index contributed by atoms with van der Waals surface area (Å²) < 4.78 is 0. The molecule has 0 amide bonds. The molecule has 1 rings (SSSR count). The van der Waals surface area contributed by atoms with Crippen molar-refractivity contribution in [3.63, 3.8) is 0 Å². The molecule has 1 unspecified atom stereocenters.